The van der Waals surface area contributed by atoms with Crippen LogP contribution in [0.25, 0.3) is 0 Å². The summed E-state index contributed by atoms with van der Waals surface area (Å²) in [5.41, 5.74) is 0.573. The van der Waals surface area contributed by atoms with Gasteiger partial charge in [0.2, 0.25) is 0 Å². The first kappa shape index (κ1) is 74.9. The zero-order chi connectivity index (χ0) is 58.1. The second-order valence-electron chi connectivity index (χ2n) is 27.0. The molecule has 3 rings (SSSR count). The Kier molecular flexibility index (Phi) is 33.2. The average Bonchev–Trinajstić information content (AvgIpc) is 3.78. The van der Waals surface area contributed by atoms with Crippen molar-refractivity contribution in [3.05, 3.63) is 17.5 Å². The molecule has 3 heterocycles. The maximum absolute atomic E-state index is 10.9. The zero-order valence-electron chi connectivity index (χ0n) is 49.5. The van der Waals surface area contributed by atoms with Gasteiger partial charge in [0, 0.05) is 31.9 Å². The van der Waals surface area contributed by atoms with Crippen LogP contribution in [0, 0.1) is 37.9 Å². The van der Waals surface area contributed by atoms with E-state index in [9.17, 15) is 27.4 Å². The molecule has 0 aliphatic carbocycles. The molecule has 0 radical (unpaired) electrons. The van der Waals surface area contributed by atoms with E-state index in [2.05, 4.69) is 155 Å². The summed E-state index contributed by atoms with van der Waals surface area (Å²) in [4.78, 5) is 50.4. The first-order valence-electron chi connectivity index (χ1n) is 24.2. The molecule has 72 heavy (non-hydrogen) atoms. The van der Waals surface area contributed by atoms with Crippen molar-refractivity contribution in [1.82, 2.24) is 61.0 Å². The van der Waals surface area contributed by atoms with Crippen molar-refractivity contribution in [2.75, 3.05) is 18.2 Å². The number of nitrogens with one attached hydrogen (secondary N) is 1. The minimum Gasteiger partial charge on any atom is -0.451 e. The van der Waals surface area contributed by atoms with Crippen molar-refractivity contribution in [3.8, 4) is 0 Å². The SMILES string of the molecule is CB(O)CC(C)(C)C.CC(=O)CC(C)(C)C.CC(=O)Cn1nnc(CC(C)(C)C)n1.CC(=O)Cn1nnnc1CC(C)(C)C.CC(C)(C)CP(=O)(O)O.CC(C)(C)CS(C)(=O)=O.CC(C)(C)Cc1nn[nH]n1. The summed E-state index contributed by atoms with van der Waals surface area (Å²) in [5.74, 6) is 2.88. The van der Waals surface area contributed by atoms with Crippen LogP contribution >= 0.6 is 7.60 Å². The van der Waals surface area contributed by atoms with E-state index in [1.165, 1.54) is 24.9 Å². The summed E-state index contributed by atoms with van der Waals surface area (Å²) in [7, 11) is -6.57. The van der Waals surface area contributed by atoms with Gasteiger partial charge in [0.25, 0.3) is 6.92 Å². The monoisotopic (exact) mass is 1060 g/mol. The first-order valence-corrected chi connectivity index (χ1v) is 28.1. The molecule has 0 aliphatic rings. The van der Waals surface area contributed by atoms with Gasteiger partial charge < -0.3 is 19.6 Å². The zero-order valence-corrected chi connectivity index (χ0v) is 51.2. The summed E-state index contributed by atoms with van der Waals surface area (Å²) < 4.78 is 33.2. The lowest BCUT2D eigenvalue weighted by Gasteiger charge is -2.17. The van der Waals surface area contributed by atoms with Crippen LogP contribution in [-0.2, 0) is 61.1 Å². The minimum atomic E-state index is -3.79. The van der Waals surface area contributed by atoms with E-state index in [4.69, 9.17) is 14.8 Å². The maximum atomic E-state index is 10.9. The van der Waals surface area contributed by atoms with E-state index in [1.807, 2.05) is 27.6 Å². The van der Waals surface area contributed by atoms with Gasteiger partial charge >= 0.3 is 7.60 Å². The fraction of sp³-hybridized carbons (Fsp3) is 0.875. The van der Waals surface area contributed by atoms with E-state index in [0.29, 0.717) is 12.2 Å². The lowest BCUT2D eigenvalue weighted by molar-refractivity contribution is -0.119. The maximum Gasteiger partial charge on any atom is 0.326 e. The molecule has 21 nitrogen and oxygen atoms in total. The van der Waals surface area contributed by atoms with Crippen LogP contribution in [0.1, 0.15) is 190 Å². The first-order chi connectivity index (χ1) is 31.6. The number of Topliss-reactive ketones (excluding diaryl/α,β-unsaturated/α-hetero) is 3. The third kappa shape index (κ3) is 62.5. The second-order valence-corrected chi connectivity index (χ2v) is 30.8. The number of carbonyl (C=O) groups is 3. The molecule has 3 aromatic heterocycles. The van der Waals surface area contributed by atoms with Gasteiger partial charge in [-0.25, -0.2) is 13.1 Å². The number of hydrogen-bond acceptors (Lipinski definition) is 16. The van der Waals surface area contributed by atoms with Crippen molar-refractivity contribution >= 4 is 41.7 Å². The number of carbonyl (C=O) groups excluding carboxylic acids is 3. The van der Waals surface area contributed by atoms with Gasteiger partial charge in [0.15, 0.2) is 29.0 Å². The molecule has 0 amide bonds. The predicted octanol–water partition coefficient (Wildman–Crippen LogP) is 8.43. The Balaban J connectivity index is -0.000000380. The highest BCUT2D eigenvalue weighted by Gasteiger charge is 2.24. The van der Waals surface area contributed by atoms with E-state index in [1.54, 1.807) is 32.4 Å². The topological polar surface area (TPSA) is 305 Å². The van der Waals surface area contributed by atoms with Crippen molar-refractivity contribution in [1.29, 1.82) is 0 Å². The summed E-state index contributed by atoms with van der Waals surface area (Å²) in [5, 5.41) is 45.5. The molecule has 0 aliphatic heterocycles. The van der Waals surface area contributed by atoms with Crippen LogP contribution in [0.15, 0.2) is 0 Å². The van der Waals surface area contributed by atoms with Gasteiger partial charge in [-0.2, -0.15) is 10.0 Å². The smallest absolute Gasteiger partial charge is 0.326 e. The number of nitrogens with zero attached hydrogens (tertiary/aromatic N) is 11. The molecular formula is C48H100BN12O9PS. The average molecular weight is 1060 g/mol. The highest BCUT2D eigenvalue weighted by molar-refractivity contribution is 7.90. The van der Waals surface area contributed by atoms with E-state index in [-0.39, 0.29) is 87.2 Å². The number of aromatic amines is 1. The number of sulfone groups is 1. The summed E-state index contributed by atoms with van der Waals surface area (Å²) in [6.07, 6.45) is 5.19. The molecule has 24 heteroatoms. The van der Waals surface area contributed by atoms with Crippen molar-refractivity contribution in [2.45, 2.75) is 218 Å². The number of rotatable bonds is 11. The molecule has 0 saturated carbocycles. The molecule has 4 N–H and O–H groups in total. The van der Waals surface area contributed by atoms with Crippen molar-refractivity contribution < 1.29 is 42.2 Å². The Morgan fingerprint density at radius 3 is 1.32 bits per heavy atom. The van der Waals surface area contributed by atoms with E-state index < -0.39 is 17.4 Å². The molecular weight excluding hydrogens is 962 g/mol. The third-order valence-corrected chi connectivity index (χ3v) is 10.1. The van der Waals surface area contributed by atoms with Gasteiger partial charge in [0.05, 0.1) is 11.9 Å². The molecule has 0 unspecified atom stereocenters. The number of tetrazole rings is 3. The van der Waals surface area contributed by atoms with Gasteiger partial charge in [0.1, 0.15) is 28.7 Å². The number of hydrogen-bond donors (Lipinski definition) is 4. The molecule has 0 saturated heterocycles. The predicted molar refractivity (Wildman–Crippen MR) is 289 cm³/mol. The normalized spacial score (nSPS) is 12.2. The van der Waals surface area contributed by atoms with Crippen LogP contribution in [0.3, 0.4) is 0 Å². The number of aromatic nitrogens is 12. The van der Waals surface area contributed by atoms with Gasteiger partial charge in [-0.05, 0) is 80.6 Å². The fourth-order valence-electron chi connectivity index (χ4n) is 6.01. The Morgan fingerprint density at radius 2 is 1.07 bits per heavy atom. The Bertz CT molecular complexity index is 2120. The number of H-pyrrole nitrogens is 1. The van der Waals surface area contributed by atoms with E-state index >= 15 is 0 Å². The Hall–Kier alpha value is -3.66. The third-order valence-electron chi connectivity index (χ3n) is 7.35. The summed E-state index contributed by atoms with van der Waals surface area (Å²) in [6, 6.07) is 0. The van der Waals surface area contributed by atoms with Gasteiger partial charge in [-0.1, -0.05) is 157 Å². The highest BCUT2D eigenvalue weighted by atomic mass is 32.2. The minimum absolute atomic E-state index is 0.0321. The molecule has 0 bridgehead atoms. The molecule has 0 aromatic carbocycles. The Morgan fingerprint density at radius 1 is 0.611 bits per heavy atom. The van der Waals surface area contributed by atoms with Crippen LogP contribution in [-0.4, -0.2) is 127 Å². The van der Waals surface area contributed by atoms with Gasteiger partial charge in [-0.3, -0.25) is 14.2 Å². The van der Waals surface area contributed by atoms with Crippen LogP contribution in [0.4, 0.5) is 0 Å². The number of ketones is 3. The molecule has 3 aromatic rings. The van der Waals surface area contributed by atoms with E-state index in [0.717, 1.165) is 37.2 Å². The molecule has 0 atom stereocenters. The molecule has 420 valence electrons. The Labute approximate surface area is 435 Å². The summed E-state index contributed by atoms with van der Waals surface area (Å²) in [6.45, 7) is 49.6. The standard InChI is InChI=1S/2C9H16N4O.C7H14O.C6H15BO.C6H12N4.C6H14O2S.C5H13O3P/c1-7(14)6-13-8(10-11-12-13)5-9(2,3)4;1-7(14)6-13-11-8(10-12-13)5-9(2,3)4;1-6(8)5-7(2,3)4;1-6(2,3)5-7(4)8;1-6(2,3)4-5-7-9-10-8-5;1-6(2,3)5-9(4,7)8;1-5(2,3)4-9(6,7)8/h2*5-6H2,1-4H3;5H2,1-4H3;8H,5H2,1-4H3;4H2,1-3H3,(H,7,8,9,10);5H2,1-4H3;4H2,1-3H3,(H2,6,7,8). The lowest BCUT2D eigenvalue weighted by Crippen LogP contribution is -2.19. The largest absolute Gasteiger partial charge is 0.451 e. The van der Waals surface area contributed by atoms with Crippen LogP contribution in [0.5, 0.6) is 0 Å². The van der Waals surface area contributed by atoms with Crippen molar-refractivity contribution in [2.24, 2.45) is 37.9 Å². The molecule has 0 fully saturated rings. The highest BCUT2D eigenvalue weighted by Crippen LogP contribution is 2.41. The molecule has 0 spiro atoms. The van der Waals surface area contributed by atoms with Crippen molar-refractivity contribution in [3.63, 3.8) is 0 Å². The van der Waals surface area contributed by atoms with Gasteiger partial charge in [-0.15, -0.1) is 25.5 Å². The van der Waals surface area contributed by atoms with Crippen LogP contribution in [0.2, 0.25) is 13.1 Å². The summed E-state index contributed by atoms with van der Waals surface area (Å²) >= 11 is 0. The van der Waals surface area contributed by atoms with Crippen LogP contribution < -0.4 is 0 Å². The fourth-order valence-corrected chi connectivity index (χ4v) is 8.82. The lowest BCUT2D eigenvalue weighted by atomic mass is 9.60. The second kappa shape index (κ2) is 31.9. The quantitative estimate of drug-likeness (QED) is 0.103.